The highest BCUT2D eigenvalue weighted by Gasteiger charge is 2.38. The molecule has 0 saturated heterocycles. The minimum absolute atomic E-state index is 0.0969. The Balaban J connectivity index is 2.62. The van der Waals surface area contributed by atoms with Crippen molar-refractivity contribution >= 4 is 0 Å². The third-order valence-electron chi connectivity index (χ3n) is 5.26. The zero-order valence-electron chi connectivity index (χ0n) is 16.9. The van der Waals surface area contributed by atoms with Crippen LogP contribution < -0.4 is 4.74 Å². The second-order valence-electron chi connectivity index (χ2n) is 10.5. The molecule has 0 aliphatic carbocycles. The Hall–Kier alpha value is -0.980. The van der Waals surface area contributed by atoms with E-state index >= 15 is 0 Å². The predicted octanol–water partition coefficient (Wildman–Crippen LogP) is 6.27. The zero-order chi connectivity index (χ0) is 17.8. The average molecular weight is 317 g/mol. The van der Waals surface area contributed by atoms with E-state index in [1.165, 1.54) is 16.7 Å². The van der Waals surface area contributed by atoms with Crippen molar-refractivity contribution in [2.75, 3.05) is 0 Å². The van der Waals surface area contributed by atoms with Crippen LogP contribution in [0, 0.1) is 11.3 Å². The van der Waals surface area contributed by atoms with Crippen molar-refractivity contribution in [1.82, 2.24) is 0 Å². The van der Waals surface area contributed by atoms with Gasteiger partial charge in [-0.2, -0.15) is 0 Å². The van der Waals surface area contributed by atoms with Crippen molar-refractivity contribution in [3.8, 4) is 5.75 Å². The van der Waals surface area contributed by atoms with Crippen LogP contribution in [0.4, 0.5) is 0 Å². The first kappa shape index (κ1) is 18.4. The van der Waals surface area contributed by atoms with E-state index in [9.17, 15) is 0 Å². The molecule has 23 heavy (non-hydrogen) atoms. The molecule has 1 nitrogen and oxygen atoms in total. The molecule has 2 atom stereocenters. The maximum absolute atomic E-state index is 6.50. The molecule has 0 radical (unpaired) electrons. The van der Waals surface area contributed by atoms with Gasteiger partial charge in [0.15, 0.2) is 0 Å². The standard InChI is InChI=1S/C22H36O/c1-14-17(21(5,6)7)12-15-11-16(20(2,3)4)13-18(19(15)23-14)22(8,9)10/h11,13-14,17H,12H2,1-10H3. The van der Waals surface area contributed by atoms with Crippen LogP contribution >= 0.6 is 0 Å². The number of fused-ring (bicyclic) bond motifs is 1. The van der Waals surface area contributed by atoms with Crippen molar-refractivity contribution in [3.63, 3.8) is 0 Å². The van der Waals surface area contributed by atoms with Gasteiger partial charge in [0, 0.05) is 11.5 Å². The molecule has 1 aromatic carbocycles. The van der Waals surface area contributed by atoms with Crippen LogP contribution in [0.5, 0.6) is 5.75 Å². The fraction of sp³-hybridized carbons (Fsp3) is 0.727. The molecule has 0 spiro atoms. The fourth-order valence-corrected chi connectivity index (χ4v) is 3.65. The summed E-state index contributed by atoms with van der Waals surface area (Å²) in [6, 6.07) is 4.78. The lowest BCUT2D eigenvalue weighted by atomic mass is 9.71. The first-order valence-electron chi connectivity index (χ1n) is 9.06. The summed E-state index contributed by atoms with van der Waals surface area (Å²) in [6.45, 7) is 23.0. The quantitative estimate of drug-likeness (QED) is 0.548. The maximum Gasteiger partial charge on any atom is 0.126 e. The Bertz CT molecular complexity index is 576. The summed E-state index contributed by atoms with van der Waals surface area (Å²) in [5.41, 5.74) is 4.71. The van der Waals surface area contributed by atoms with Gasteiger partial charge in [0.05, 0.1) is 6.10 Å². The molecule has 0 saturated carbocycles. The van der Waals surface area contributed by atoms with Crippen LogP contribution in [0.1, 0.15) is 85.9 Å². The SMILES string of the molecule is CC1Oc2c(cc(C(C)(C)C)cc2C(C)(C)C)CC1C(C)(C)C. The van der Waals surface area contributed by atoms with Gasteiger partial charge in [0.2, 0.25) is 0 Å². The number of hydrogen-bond acceptors (Lipinski definition) is 1. The second kappa shape index (κ2) is 5.53. The number of hydrogen-bond donors (Lipinski definition) is 0. The van der Waals surface area contributed by atoms with E-state index in [1.807, 2.05) is 0 Å². The molecule has 1 aliphatic heterocycles. The summed E-state index contributed by atoms with van der Waals surface area (Å²) in [4.78, 5) is 0. The molecule has 0 fully saturated rings. The van der Waals surface area contributed by atoms with Crippen molar-refractivity contribution in [1.29, 1.82) is 0 Å². The van der Waals surface area contributed by atoms with Gasteiger partial charge in [-0.3, -0.25) is 0 Å². The lowest BCUT2D eigenvalue weighted by molar-refractivity contribution is 0.0559. The minimum atomic E-state index is 0.0969. The monoisotopic (exact) mass is 316 g/mol. The molecule has 2 rings (SSSR count). The Kier molecular flexibility index (Phi) is 4.42. The van der Waals surface area contributed by atoms with Crippen molar-refractivity contribution in [2.24, 2.45) is 11.3 Å². The van der Waals surface area contributed by atoms with E-state index in [4.69, 9.17) is 4.74 Å². The predicted molar refractivity (Wildman–Crippen MR) is 101 cm³/mol. The zero-order valence-corrected chi connectivity index (χ0v) is 16.9. The molecule has 0 amide bonds. The highest BCUT2D eigenvalue weighted by atomic mass is 16.5. The van der Waals surface area contributed by atoms with E-state index in [0.717, 1.165) is 12.2 Å². The van der Waals surface area contributed by atoms with Gasteiger partial charge >= 0.3 is 0 Å². The van der Waals surface area contributed by atoms with Gasteiger partial charge in [-0.15, -0.1) is 0 Å². The molecular formula is C22H36O. The van der Waals surface area contributed by atoms with Gasteiger partial charge in [-0.05, 0) is 40.7 Å². The summed E-state index contributed by atoms with van der Waals surface area (Å²) in [5, 5.41) is 0. The van der Waals surface area contributed by atoms with Gasteiger partial charge in [0.1, 0.15) is 5.75 Å². The van der Waals surface area contributed by atoms with E-state index in [-0.39, 0.29) is 22.3 Å². The van der Waals surface area contributed by atoms with Gasteiger partial charge < -0.3 is 4.74 Å². The Morgan fingerprint density at radius 3 is 1.87 bits per heavy atom. The second-order valence-corrected chi connectivity index (χ2v) is 10.5. The molecule has 2 unspecified atom stereocenters. The molecule has 1 aliphatic rings. The first-order chi connectivity index (χ1) is 10.2. The number of ether oxygens (including phenoxy) is 1. The largest absolute Gasteiger partial charge is 0.490 e. The minimum Gasteiger partial charge on any atom is -0.490 e. The Labute approximate surface area is 143 Å². The smallest absolute Gasteiger partial charge is 0.126 e. The molecule has 0 N–H and O–H groups in total. The highest BCUT2D eigenvalue weighted by Crippen LogP contribution is 2.45. The van der Waals surface area contributed by atoms with Crippen LogP contribution in [0.25, 0.3) is 0 Å². The van der Waals surface area contributed by atoms with Gasteiger partial charge in [-0.25, -0.2) is 0 Å². The molecule has 1 heteroatoms. The van der Waals surface area contributed by atoms with Gasteiger partial charge in [-0.1, -0.05) is 74.4 Å². The van der Waals surface area contributed by atoms with Crippen LogP contribution in [0.15, 0.2) is 12.1 Å². The number of benzene rings is 1. The normalized spacial score (nSPS) is 22.5. The summed E-state index contributed by atoms with van der Waals surface area (Å²) >= 11 is 0. The summed E-state index contributed by atoms with van der Waals surface area (Å²) < 4.78 is 6.50. The molecular weight excluding hydrogens is 280 g/mol. The lowest BCUT2D eigenvalue weighted by Crippen LogP contribution is -2.39. The Morgan fingerprint density at radius 1 is 0.870 bits per heavy atom. The average Bonchev–Trinajstić information content (AvgIpc) is 2.32. The topological polar surface area (TPSA) is 9.23 Å². The molecule has 130 valence electrons. The third-order valence-corrected chi connectivity index (χ3v) is 5.26. The highest BCUT2D eigenvalue weighted by molar-refractivity contribution is 5.51. The third kappa shape index (κ3) is 3.75. The number of rotatable bonds is 0. The van der Waals surface area contributed by atoms with Crippen LogP contribution in [0.2, 0.25) is 0 Å². The van der Waals surface area contributed by atoms with E-state index in [0.29, 0.717) is 5.92 Å². The van der Waals surface area contributed by atoms with E-state index in [1.54, 1.807) is 0 Å². The summed E-state index contributed by atoms with van der Waals surface area (Å²) in [5.74, 6) is 1.71. The van der Waals surface area contributed by atoms with Crippen molar-refractivity contribution in [2.45, 2.75) is 92.6 Å². The molecule has 0 bridgehead atoms. The summed E-state index contributed by atoms with van der Waals surface area (Å²) in [7, 11) is 0. The molecule has 1 aromatic rings. The van der Waals surface area contributed by atoms with Crippen molar-refractivity contribution in [3.05, 3.63) is 28.8 Å². The molecule has 0 aromatic heterocycles. The summed E-state index contributed by atoms with van der Waals surface area (Å²) in [6.07, 6.45) is 1.39. The van der Waals surface area contributed by atoms with Gasteiger partial charge in [0.25, 0.3) is 0 Å². The van der Waals surface area contributed by atoms with Crippen LogP contribution in [-0.4, -0.2) is 6.10 Å². The van der Waals surface area contributed by atoms with E-state index in [2.05, 4.69) is 81.4 Å². The fourth-order valence-electron chi connectivity index (χ4n) is 3.65. The lowest BCUT2D eigenvalue weighted by Gasteiger charge is -2.42. The van der Waals surface area contributed by atoms with Crippen molar-refractivity contribution < 1.29 is 4.74 Å². The van der Waals surface area contributed by atoms with Crippen LogP contribution in [0.3, 0.4) is 0 Å². The van der Waals surface area contributed by atoms with Crippen LogP contribution in [-0.2, 0) is 17.3 Å². The van der Waals surface area contributed by atoms with E-state index < -0.39 is 0 Å². The Morgan fingerprint density at radius 2 is 1.43 bits per heavy atom. The maximum atomic E-state index is 6.50. The first-order valence-corrected chi connectivity index (χ1v) is 9.06. The molecule has 1 heterocycles.